The van der Waals surface area contributed by atoms with Crippen molar-refractivity contribution in [3.05, 3.63) is 23.7 Å². The van der Waals surface area contributed by atoms with Crippen LogP contribution in [-0.2, 0) is 16.0 Å². The number of hydrogen-bond acceptors (Lipinski definition) is 5. The van der Waals surface area contributed by atoms with Gasteiger partial charge in [0.05, 0.1) is 26.0 Å². The lowest BCUT2D eigenvalue weighted by Gasteiger charge is -2.20. The van der Waals surface area contributed by atoms with Gasteiger partial charge in [-0.3, -0.25) is 4.90 Å². The van der Waals surface area contributed by atoms with E-state index in [0.717, 1.165) is 0 Å². The lowest BCUT2D eigenvalue weighted by Crippen LogP contribution is -2.30. The quantitative estimate of drug-likeness (QED) is 0.713. The van der Waals surface area contributed by atoms with Crippen molar-refractivity contribution in [2.45, 2.75) is 6.54 Å². The second-order valence-electron chi connectivity index (χ2n) is 3.82. The largest absolute Gasteiger partial charge is 0.478 e. The van der Waals surface area contributed by atoms with Crippen LogP contribution in [-0.4, -0.2) is 56.5 Å². The van der Waals surface area contributed by atoms with Gasteiger partial charge in [-0.05, 0) is 6.07 Å². The fraction of sp³-hybridized carbons (Fsp3) is 0.583. The molecule has 0 amide bonds. The molecular formula is C12H19NO5. The third-order valence-corrected chi connectivity index (χ3v) is 2.57. The van der Waals surface area contributed by atoms with Crippen LogP contribution < -0.4 is 0 Å². The fourth-order valence-electron chi connectivity index (χ4n) is 1.57. The number of rotatable bonds is 9. The normalized spacial score (nSPS) is 11.1. The van der Waals surface area contributed by atoms with E-state index in [4.69, 9.17) is 19.0 Å². The van der Waals surface area contributed by atoms with Crippen LogP contribution in [0.5, 0.6) is 0 Å². The van der Waals surface area contributed by atoms with Crippen molar-refractivity contribution in [1.82, 2.24) is 4.90 Å². The molecular weight excluding hydrogens is 238 g/mol. The van der Waals surface area contributed by atoms with Crippen molar-refractivity contribution in [3.8, 4) is 0 Å². The van der Waals surface area contributed by atoms with Gasteiger partial charge in [0.15, 0.2) is 0 Å². The first-order chi connectivity index (χ1) is 8.69. The van der Waals surface area contributed by atoms with Crippen molar-refractivity contribution in [1.29, 1.82) is 0 Å². The van der Waals surface area contributed by atoms with Crippen LogP contribution in [0, 0.1) is 0 Å². The van der Waals surface area contributed by atoms with Gasteiger partial charge in [-0.2, -0.15) is 0 Å². The molecule has 0 atom stereocenters. The topological polar surface area (TPSA) is 72.1 Å². The lowest BCUT2D eigenvalue weighted by molar-refractivity contribution is 0.0690. The summed E-state index contributed by atoms with van der Waals surface area (Å²) in [6.45, 7) is 2.97. The summed E-state index contributed by atoms with van der Waals surface area (Å²) in [4.78, 5) is 13.0. The molecule has 6 nitrogen and oxygen atoms in total. The Morgan fingerprint density at radius 1 is 1.33 bits per heavy atom. The summed E-state index contributed by atoms with van der Waals surface area (Å²) in [7, 11) is 3.26. The summed E-state index contributed by atoms with van der Waals surface area (Å²) in [5, 5.41) is 8.99. The molecule has 0 bridgehead atoms. The maximum absolute atomic E-state index is 11.0. The van der Waals surface area contributed by atoms with E-state index in [2.05, 4.69) is 0 Å². The van der Waals surface area contributed by atoms with Crippen molar-refractivity contribution in [2.75, 3.05) is 40.5 Å². The molecule has 18 heavy (non-hydrogen) atoms. The van der Waals surface area contributed by atoms with Crippen molar-refractivity contribution in [3.63, 3.8) is 0 Å². The average Bonchev–Trinajstić information content (AvgIpc) is 2.80. The summed E-state index contributed by atoms with van der Waals surface area (Å²) < 4.78 is 15.3. The van der Waals surface area contributed by atoms with E-state index >= 15 is 0 Å². The zero-order valence-corrected chi connectivity index (χ0v) is 10.7. The Hall–Kier alpha value is -1.37. The summed E-state index contributed by atoms with van der Waals surface area (Å²) in [6.07, 6.45) is 1.39. The zero-order chi connectivity index (χ0) is 13.4. The SMILES string of the molecule is COCCN(CCOC)Cc1occc1C(=O)O. The number of aromatic carboxylic acids is 1. The van der Waals surface area contributed by atoms with Gasteiger partial charge < -0.3 is 19.0 Å². The molecule has 0 aromatic carbocycles. The summed E-state index contributed by atoms with van der Waals surface area (Å²) in [6, 6.07) is 1.46. The smallest absolute Gasteiger partial charge is 0.339 e. The molecule has 0 fully saturated rings. The Labute approximate surface area is 106 Å². The van der Waals surface area contributed by atoms with Crippen molar-refractivity contribution in [2.24, 2.45) is 0 Å². The minimum atomic E-state index is -0.975. The molecule has 1 aromatic heterocycles. The van der Waals surface area contributed by atoms with E-state index in [1.807, 2.05) is 4.90 Å². The number of ether oxygens (including phenoxy) is 2. The second kappa shape index (κ2) is 7.86. The van der Waals surface area contributed by atoms with E-state index in [-0.39, 0.29) is 5.56 Å². The maximum atomic E-state index is 11.0. The van der Waals surface area contributed by atoms with Gasteiger partial charge >= 0.3 is 5.97 Å². The van der Waals surface area contributed by atoms with Gasteiger partial charge in [0.2, 0.25) is 0 Å². The number of hydrogen-bond donors (Lipinski definition) is 1. The molecule has 1 rings (SSSR count). The molecule has 102 valence electrons. The summed E-state index contributed by atoms with van der Waals surface area (Å²) >= 11 is 0. The van der Waals surface area contributed by atoms with Gasteiger partial charge in [0, 0.05) is 27.3 Å². The molecule has 1 N–H and O–H groups in total. The molecule has 0 radical (unpaired) electrons. The van der Waals surface area contributed by atoms with E-state index in [0.29, 0.717) is 38.6 Å². The molecule has 0 spiro atoms. The molecule has 0 aliphatic heterocycles. The van der Waals surface area contributed by atoms with Crippen LogP contribution in [0.2, 0.25) is 0 Å². The van der Waals surface area contributed by atoms with Crippen LogP contribution in [0.3, 0.4) is 0 Å². The average molecular weight is 257 g/mol. The molecule has 1 heterocycles. The van der Waals surface area contributed by atoms with Crippen LogP contribution in [0.15, 0.2) is 16.7 Å². The molecule has 0 aliphatic rings. The minimum absolute atomic E-state index is 0.204. The number of furan rings is 1. The minimum Gasteiger partial charge on any atom is -0.478 e. The second-order valence-corrected chi connectivity index (χ2v) is 3.82. The molecule has 0 saturated carbocycles. The number of carboxylic acids is 1. The third kappa shape index (κ3) is 4.48. The Morgan fingerprint density at radius 2 is 1.94 bits per heavy atom. The number of carbonyl (C=O) groups is 1. The van der Waals surface area contributed by atoms with E-state index in [1.54, 1.807) is 14.2 Å². The standard InChI is InChI=1S/C12H19NO5/c1-16-7-4-13(5-8-17-2)9-11-10(12(14)15)3-6-18-11/h3,6H,4-5,7-9H2,1-2H3,(H,14,15). The number of methoxy groups -OCH3 is 2. The van der Waals surface area contributed by atoms with Crippen molar-refractivity contribution >= 4 is 5.97 Å². The molecule has 0 unspecified atom stereocenters. The molecule has 1 aromatic rings. The van der Waals surface area contributed by atoms with Gasteiger partial charge in [-0.25, -0.2) is 4.79 Å². The Kier molecular flexibility index (Phi) is 6.42. The predicted octanol–water partition coefficient (Wildman–Crippen LogP) is 1.07. The summed E-state index contributed by atoms with van der Waals surface area (Å²) in [5.41, 5.74) is 0.204. The first-order valence-corrected chi connectivity index (χ1v) is 5.69. The van der Waals surface area contributed by atoms with Gasteiger partial charge in [0.1, 0.15) is 11.3 Å². The lowest BCUT2D eigenvalue weighted by atomic mass is 10.2. The van der Waals surface area contributed by atoms with E-state index in [9.17, 15) is 4.79 Å². The van der Waals surface area contributed by atoms with Crippen LogP contribution in [0.1, 0.15) is 16.1 Å². The van der Waals surface area contributed by atoms with Crippen LogP contribution in [0.4, 0.5) is 0 Å². The molecule has 0 saturated heterocycles. The van der Waals surface area contributed by atoms with Gasteiger partial charge in [-0.15, -0.1) is 0 Å². The first-order valence-electron chi connectivity index (χ1n) is 5.69. The van der Waals surface area contributed by atoms with E-state index in [1.165, 1.54) is 12.3 Å². The predicted molar refractivity (Wildman–Crippen MR) is 64.7 cm³/mol. The van der Waals surface area contributed by atoms with Gasteiger partial charge in [0.25, 0.3) is 0 Å². The Bertz CT molecular complexity index is 355. The number of carboxylic acid groups (broad SMARTS) is 1. The Balaban J connectivity index is 2.62. The molecule has 6 heteroatoms. The highest BCUT2D eigenvalue weighted by Gasteiger charge is 2.16. The summed E-state index contributed by atoms with van der Waals surface area (Å²) in [5.74, 6) is -0.521. The third-order valence-electron chi connectivity index (χ3n) is 2.57. The Morgan fingerprint density at radius 3 is 2.44 bits per heavy atom. The van der Waals surface area contributed by atoms with E-state index < -0.39 is 5.97 Å². The highest BCUT2D eigenvalue weighted by atomic mass is 16.5. The van der Waals surface area contributed by atoms with Crippen molar-refractivity contribution < 1.29 is 23.8 Å². The van der Waals surface area contributed by atoms with Crippen LogP contribution >= 0.6 is 0 Å². The maximum Gasteiger partial charge on any atom is 0.339 e. The highest BCUT2D eigenvalue weighted by molar-refractivity contribution is 5.88. The zero-order valence-electron chi connectivity index (χ0n) is 10.7. The number of nitrogens with zero attached hydrogens (tertiary/aromatic N) is 1. The molecule has 0 aliphatic carbocycles. The monoisotopic (exact) mass is 257 g/mol. The van der Waals surface area contributed by atoms with Gasteiger partial charge in [-0.1, -0.05) is 0 Å². The fourth-order valence-corrected chi connectivity index (χ4v) is 1.57. The van der Waals surface area contributed by atoms with Crippen LogP contribution in [0.25, 0.3) is 0 Å². The first kappa shape index (κ1) is 14.7. The highest BCUT2D eigenvalue weighted by Crippen LogP contribution is 2.13.